The number of ether oxygens (including phenoxy) is 2. The van der Waals surface area contributed by atoms with Crippen molar-refractivity contribution in [3.05, 3.63) is 71.6 Å². The molecular formula is C30H36N2O6. The maximum Gasteiger partial charge on any atom is 0.409 e. The van der Waals surface area contributed by atoms with Gasteiger partial charge in [0.05, 0.1) is 18.9 Å². The largest absolute Gasteiger partial charge is 0.493 e. The molecule has 1 saturated heterocycles. The fraction of sp³-hybridized carbons (Fsp3) is 0.433. The van der Waals surface area contributed by atoms with Crippen LogP contribution < -0.4 is 4.74 Å². The molecule has 38 heavy (non-hydrogen) atoms. The highest BCUT2D eigenvalue weighted by molar-refractivity contribution is 5.69. The van der Waals surface area contributed by atoms with Crippen LogP contribution in [0.25, 0.3) is 11.5 Å². The number of benzene rings is 2. The number of hydrogen-bond donors (Lipinski definition) is 1. The Morgan fingerprint density at radius 1 is 1.16 bits per heavy atom. The molecule has 1 aliphatic heterocycles. The average molecular weight is 521 g/mol. The van der Waals surface area contributed by atoms with Crippen LogP contribution in [-0.2, 0) is 16.0 Å². The van der Waals surface area contributed by atoms with Crippen LogP contribution in [0.3, 0.4) is 0 Å². The minimum absolute atomic E-state index is 0.0554. The summed E-state index contributed by atoms with van der Waals surface area (Å²) in [7, 11) is 0. The Morgan fingerprint density at radius 3 is 2.68 bits per heavy atom. The number of oxazole rings is 1. The first kappa shape index (κ1) is 27.2. The highest BCUT2D eigenvalue weighted by Crippen LogP contribution is 2.36. The van der Waals surface area contributed by atoms with E-state index < -0.39 is 5.97 Å². The van der Waals surface area contributed by atoms with E-state index in [1.807, 2.05) is 75.4 Å². The molecule has 1 N–H and O–H groups in total. The van der Waals surface area contributed by atoms with Crippen molar-refractivity contribution in [1.82, 2.24) is 9.88 Å². The quantitative estimate of drug-likeness (QED) is 0.353. The number of carbonyl (C=O) groups is 2. The number of rotatable bonds is 10. The summed E-state index contributed by atoms with van der Waals surface area (Å²) < 4.78 is 17.3. The lowest BCUT2D eigenvalue weighted by atomic mass is 9.79. The van der Waals surface area contributed by atoms with Gasteiger partial charge in [0.2, 0.25) is 5.89 Å². The molecule has 0 saturated carbocycles. The second-order valence-corrected chi connectivity index (χ2v) is 10.2. The lowest BCUT2D eigenvalue weighted by Gasteiger charge is -2.38. The first-order valence-electron chi connectivity index (χ1n) is 13.2. The molecular weight excluding hydrogens is 484 g/mol. The van der Waals surface area contributed by atoms with Crippen molar-refractivity contribution in [2.45, 2.75) is 46.0 Å². The van der Waals surface area contributed by atoms with Gasteiger partial charge in [0, 0.05) is 37.4 Å². The van der Waals surface area contributed by atoms with Crippen LogP contribution in [-0.4, -0.2) is 53.4 Å². The molecule has 0 aliphatic carbocycles. The monoisotopic (exact) mass is 520 g/mol. The van der Waals surface area contributed by atoms with Crippen LogP contribution >= 0.6 is 0 Å². The number of carboxylic acid groups (broad SMARTS) is 1. The number of carboxylic acids is 1. The molecule has 202 valence electrons. The zero-order valence-corrected chi connectivity index (χ0v) is 22.3. The number of piperidine rings is 1. The van der Waals surface area contributed by atoms with Gasteiger partial charge in [-0.15, -0.1) is 0 Å². The predicted octanol–water partition coefficient (Wildman–Crippen LogP) is 5.94. The Hall–Kier alpha value is -3.81. The Labute approximate surface area is 223 Å². The van der Waals surface area contributed by atoms with Crippen molar-refractivity contribution in [2.75, 3.05) is 26.3 Å². The van der Waals surface area contributed by atoms with Crippen molar-refractivity contribution in [3.8, 4) is 17.2 Å². The van der Waals surface area contributed by atoms with Gasteiger partial charge in [-0.2, -0.15) is 0 Å². The van der Waals surface area contributed by atoms with E-state index in [4.69, 9.17) is 13.9 Å². The Bertz CT molecular complexity index is 1220. The summed E-state index contributed by atoms with van der Waals surface area (Å²) in [5.74, 6) is 1.27. The lowest BCUT2D eigenvalue weighted by molar-refractivity contribution is -0.138. The lowest BCUT2D eigenvalue weighted by Crippen LogP contribution is -2.43. The number of amides is 1. The molecule has 2 heterocycles. The molecule has 0 bridgehead atoms. The zero-order valence-electron chi connectivity index (χ0n) is 22.3. The van der Waals surface area contributed by atoms with Crippen molar-refractivity contribution in [2.24, 2.45) is 11.8 Å². The molecule has 2 atom stereocenters. The third kappa shape index (κ3) is 7.15. The summed E-state index contributed by atoms with van der Waals surface area (Å²) >= 11 is 0. The predicted molar refractivity (Wildman–Crippen MR) is 143 cm³/mol. The number of aromatic nitrogens is 1. The van der Waals surface area contributed by atoms with Crippen molar-refractivity contribution in [3.63, 3.8) is 0 Å². The molecule has 8 heteroatoms. The van der Waals surface area contributed by atoms with Gasteiger partial charge < -0.3 is 23.9 Å². The molecule has 1 aromatic heterocycles. The van der Waals surface area contributed by atoms with E-state index in [1.165, 1.54) is 0 Å². The Kier molecular flexibility index (Phi) is 9.05. The molecule has 0 spiro atoms. The molecule has 0 unspecified atom stereocenters. The van der Waals surface area contributed by atoms with E-state index >= 15 is 0 Å². The van der Waals surface area contributed by atoms with E-state index in [-0.39, 0.29) is 30.3 Å². The van der Waals surface area contributed by atoms with Gasteiger partial charge in [0.1, 0.15) is 11.5 Å². The Balaban J connectivity index is 1.41. The molecule has 1 fully saturated rings. The minimum atomic E-state index is -0.832. The number of carbonyl (C=O) groups excluding carboxylic acids is 1. The van der Waals surface area contributed by atoms with Gasteiger partial charge in [-0.05, 0) is 55.0 Å². The van der Waals surface area contributed by atoms with Crippen LogP contribution in [0.4, 0.5) is 4.79 Å². The standard InChI is InChI=1S/C30H36N2O6/c1-20(2)19-37-30(35)32-14-12-24(17-28(33)34)26(18-32)23-10-7-11-25(16-23)36-15-13-27-21(3)38-29(31-27)22-8-5-4-6-9-22/h4-11,16,20,24,26H,12-15,17-19H2,1-3H3,(H,33,34)/t24-,26+/m1/s1. The minimum Gasteiger partial charge on any atom is -0.493 e. The van der Waals surface area contributed by atoms with Gasteiger partial charge in [-0.25, -0.2) is 9.78 Å². The van der Waals surface area contributed by atoms with E-state index in [1.54, 1.807) is 4.90 Å². The third-order valence-corrected chi connectivity index (χ3v) is 6.80. The van der Waals surface area contributed by atoms with Crippen LogP contribution in [0.1, 0.15) is 49.6 Å². The van der Waals surface area contributed by atoms with Crippen LogP contribution in [0.15, 0.2) is 59.0 Å². The summed E-state index contributed by atoms with van der Waals surface area (Å²) in [5.41, 5.74) is 2.74. The van der Waals surface area contributed by atoms with E-state index in [9.17, 15) is 14.7 Å². The summed E-state index contributed by atoms with van der Waals surface area (Å²) in [6, 6.07) is 17.5. The van der Waals surface area contributed by atoms with Crippen molar-refractivity contribution < 1.29 is 28.6 Å². The summed E-state index contributed by atoms with van der Waals surface area (Å²) in [5, 5.41) is 9.48. The normalized spacial score (nSPS) is 17.4. The summed E-state index contributed by atoms with van der Waals surface area (Å²) in [6.45, 7) is 7.57. The molecule has 1 amide bonds. The van der Waals surface area contributed by atoms with Crippen LogP contribution in [0, 0.1) is 18.8 Å². The van der Waals surface area contributed by atoms with Gasteiger partial charge >= 0.3 is 12.1 Å². The molecule has 4 rings (SSSR count). The number of aryl methyl sites for hydroxylation is 1. The highest BCUT2D eigenvalue weighted by atomic mass is 16.6. The van der Waals surface area contributed by atoms with E-state index in [2.05, 4.69) is 4.98 Å². The molecule has 0 radical (unpaired) electrons. The number of likely N-dealkylation sites (tertiary alicyclic amines) is 1. The smallest absolute Gasteiger partial charge is 0.409 e. The number of aliphatic carboxylic acids is 1. The van der Waals surface area contributed by atoms with Gasteiger partial charge in [0.15, 0.2) is 0 Å². The van der Waals surface area contributed by atoms with E-state index in [0.717, 1.165) is 22.6 Å². The first-order valence-corrected chi connectivity index (χ1v) is 13.2. The summed E-state index contributed by atoms with van der Waals surface area (Å²) in [4.78, 5) is 30.5. The van der Waals surface area contributed by atoms with Gasteiger partial charge in [-0.1, -0.05) is 44.2 Å². The summed E-state index contributed by atoms with van der Waals surface area (Å²) in [6.07, 6.45) is 0.906. The highest BCUT2D eigenvalue weighted by Gasteiger charge is 2.34. The maximum atomic E-state index is 12.6. The third-order valence-electron chi connectivity index (χ3n) is 6.80. The second kappa shape index (κ2) is 12.6. The van der Waals surface area contributed by atoms with E-state index in [0.29, 0.717) is 50.8 Å². The fourth-order valence-electron chi connectivity index (χ4n) is 4.81. The SMILES string of the molecule is Cc1oc(-c2ccccc2)nc1CCOc1cccc([C@@H]2CN(C(=O)OCC(C)C)CC[C@@H]2CC(=O)O)c1. The topological polar surface area (TPSA) is 102 Å². The molecule has 3 aromatic rings. The second-order valence-electron chi connectivity index (χ2n) is 10.2. The number of nitrogens with zero attached hydrogens (tertiary/aromatic N) is 2. The van der Waals surface area contributed by atoms with Crippen LogP contribution in [0.2, 0.25) is 0 Å². The Morgan fingerprint density at radius 2 is 1.95 bits per heavy atom. The molecule has 2 aromatic carbocycles. The molecule has 8 nitrogen and oxygen atoms in total. The molecule has 1 aliphatic rings. The van der Waals surface area contributed by atoms with Gasteiger partial charge in [-0.3, -0.25) is 4.79 Å². The first-order chi connectivity index (χ1) is 18.3. The number of hydrogen-bond acceptors (Lipinski definition) is 6. The van der Waals surface area contributed by atoms with Gasteiger partial charge in [0.25, 0.3) is 0 Å². The zero-order chi connectivity index (χ0) is 27.1. The van der Waals surface area contributed by atoms with Crippen molar-refractivity contribution >= 4 is 12.1 Å². The van der Waals surface area contributed by atoms with Crippen molar-refractivity contribution in [1.29, 1.82) is 0 Å². The maximum absolute atomic E-state index is 12.6. The fourth-order valence-corrected chi connectivity index (χ4v) is 4.81. The van der Waals surface area contributed by atoms with Crippen LogP contribution in [0.5, 0.6) is 5.75 Å². The average Bonchev–Trinajstić information content (AvgIpc) is 3.28.